The topological polar surface area (TPSA) is 29.1 Å². The molecule has 0 unspecified atom stereocenters. The zero-order chi connectivity index (χ0) is 14.7. The molecule has 6 heteroatoms. The van der Waals surface area contributed by atoms with Crippen LogP contribution in [0.25, 0.3) is 0 Å². The molecule has 0 aliphatic carbocycles. The molecule has 0 aliphatic rings. The molecule has 2 aromatic carbocycles. The van der Waals surface area contributed by atoms with E-state index >= 15 is 0 Å². The summed E-state index contributed by atoms with van der Waals surface area (Å²) < 4.78 is 13.3. The predicted octanol–water partition coefficient (Wildman–Crippen LogP) is 5.12. The Labute approximate surface area is 130 Å². The monoisotopic (exact) mass is 331 g/mol. The van der Waals surface area contributed by atoms with Crippen LogP contribution in [0.5, 0.6) is 0 Å². The van der Waals surface area contributed by atoms with E-state index in [1.807, 2.05) is 6.07 Å². The second-order valence-electron chi connectivity index (χ2n) is 4.04. The molecule has 20 heavy (non-hydrogen) atoms. The van der Waals surface area contributed by atoms with Crippen LogP contribution in [0.2, 0.25) is 10.0 Å². The van der Waals surface area contributed by atoms with Gasteiger partial charge in [0.05, 0.1) is 10.0 Å². The molecule has 0 heterocycles. The number of amides is 1. The third-order valence-corrected chi connectivity index (χ3v) is 3.44. The molecule has 0 aromatic heterocycles. The van der Waals surface area contributed by atoms with Crippen LogP contribution in [0.3, 0.4) is 0 Å². The average molecular weight is 333 g/mol. The van der Waals surface area contributed by atoms with Crippen molar-refractivity contribution in [2.75, 3.05) is 5.32 Å². The highest BCUT2D eigenvalue weighted by atomic mass is 35.5. The number of hydrogen-bond acceptors (Lipinski definition) is 1. The zero-order valence-corrected chi connectivity index (χ0v) is 12.4. The van der Waals surface area contributed by atoms with Crippen molar-refractivity contribution in [3.05, 3.63) is 63.4 Å². The maximum atomic E-state index is 13.3. The van der Waals surface area contributed by atoms with Gasteiger partial charge in [0, 0.05) is 17.1 Å². The first-order valence-corrected chi connectivity index (χ1v) is 6.91. The summed E-state index contributed by atoms with van der Waals surface area (Å²) in [4.78, 5) is 12.1. The van der Waals surface area contributed by atoms with Gasteiger partial charge in [-0.15, -0.1) is 11.6 Å². The van der Waals surface area contributed by atoms with Crippen molar-refractivity contribution < 1.29 is 9.18 Å². The second kappa shape index (κ2) is 6.44. The first-order chi connectivity index (χ1) is 9.51. The number of benzene rings is 2. The zero-order valence-electron chi connectivity index (χ0n) is 10.1. The van der Waals surface area contributed by atoms with Gasteiger partial charge in [0.1, 0.15) is 0 Å². The second-order valence-corrected chi connectivity index (χ2v) is 5.12. The molecule has 0 aliphatic heterocycles. The summed E-state index contributed by atoms with van der Waals surface area (Å²) in [6.07, 6.45) is 0. The van der Waals surface area contributed by atoms with Crippen molar-refractivity contribution >= 4 is 46.4 Å². The van der Waals surface area contributed by atoms with E-state index < -0.39 is 5.82 Å². The lowest BCUT2D eigenvalue weighted by Crippen LogP contribution is -2.12. The van der Waals surface area contributed by atoms with Gasteiger partial charge in [-0.05, 0) is 29.8 Å². The van der Waals surface area contributed by atoms with Crippen molar-refractivity contribution in [1.29, 1.82) is 0 Å². The fraction of sp³-hybridized carbons (Fsp3) is 0.0714. The molecule has 104 valence electrons. The van der Waals surface area contributed by atoms with Gasteiger partial charge in [0.25, 0.3) is 5.91 Å². The summed E-state index contributed by atoms with van der Waals surface area (Å²) in [7, 11) is 0. The first kappa shape index (κ1) is 15.1. The Morgan fingerprint density at radius 3 is 2.40 bits per heavy atom. The minimum atomic E-state index is -0.713. The van der Waals surface area contributed by atoms with Crippen molar-refractivity contribution in [3.63, 3.8) is 0 Å². The van der Waals surface area contributed by atoms with Gasteiger partial charge in [0.2, 0.25) is 0 Å². The highest BCUT2D eigenvalue weighted by Gasteiger charge is 2.11. The van der Waals surface area contributed by atoms with Crippen LogP contribution in [-0.4, -0.2) is 5.91 Å². The number of alkyl halides is 1. The van der Waals surface area contributed by atoms with E-state index in [4.69, 9.17) is 34.8 Å². The Morgan fingerprint density at radius 2 is 1.80 bits per heavy atom. The highest BCUT2D eigenvalue weighted by Crippen LogP contribution is 2.27. The van der Waals surface area contributed by atoms with Crippen molar-refractivity contribution in [3.8, 4) is 0 Å². The van der Waals surface area contributed by atoms with E-state index in [2.05, 4.69) is 5.32 Å². The molecule has 0 atom stereocenters. The summed E-state index contributed by atoms with van der Waals surface area (Å²) in [5.41, 5.74) is 1.59. The Morgan fingerprint density at radius 1 is 1.15 bits per heavy atom. The Hall–Kier alpha value is -1.29. The normalized spacial score (nSPS) is 10.4. The Kier molecular flexibility index (Phi) is 4.86. The van der Waals surface area contributed by atoms with Gasteiger partial charge in [-0.25, -0.2) is 4.39 Å². The summed E-state index contributed by atoms with van der Waals surface area (Å²) in [5.74, 6) is -0.749. The van der Waals surface area contributed by atoms with Gasteiger partial charge >= 0.3 is 0 Å². The minimum absolute atomic E-state index is 0.151. The van der Waals surface area contributed by atoms with E-state index in [1.165, 1.54) is 12.1 Å². The lowest BCUT2D eigenvalue weighted by molar-refractivity contribution is 0.102. The molecule has 2 aromatic rings. The minimum Gasteiger partial charge on any atom is -0.322 e. The van der Waals surface area contributed by atoms with Crippen LogP contribution in [-0.2, 0) is 5.88 Å². The SMILES string of the molecule is O=C(Nc1cc(Cl)c(F)c(Cl)c1)c1cccc(CCl)c1. The molecule has 0 spiro atoms. The van der Waals surface area contributed by atoms with Crippen LogP contribution in [0.1, 0.15) is 15.9 Å². The molecule has 1 amide bonds. The van der Waals surface area contributed by atoms with E-state index in [0.29, 0.717) is 17.1 Å². The third kappa shape index (κ3) is 3.42. The first-order valence-electron chi connectivity index (χ1n) is 5.62. The lowest BCUT2D eigenvalue weighted by Gasteiger charge is -2.08. The molecule has 0 fully saturated rings. The maximum Gasteiger partial charge on any atom is 0.255 e. The van der Waals surface area contributed by atoms with Crippen LogP contribution in [0.15, 0.2) is 36.4 Å². The summed E-state index contributed by atoms with van der Waals surface area (Å²) in [6.45, 7) is 0. The smallest absolute Gasteiger partial charge is 0.255 e. The number of hydrogen-bond donors (Lipinski definition) is 1. The number of rotatable bonds is 3. The number of carbonyl (C=O) groups is 1. The number of halogens is 4. The van der Waals surface area contributed by atoms with E-state index in [1.54, 1.807) is 18.2 Å². The van der Waals surface area contributed by atoms with E-state index in [0.717, 1.165) is 5.56 Å². The molecule has 1 N–H and O–H groups in total. The summed E-state index contributed by atoms with van der Waals surface area (Å²) in [5, 5.41) is 2.30. The van der Waals surface area contributed by atoms with Gasteiger partial charge in [-0.3, -0.25) is 4.79 Å². The summed E-state index contributed by atoms with van der Waals surface area (Å²) >= 11 is 17.1. The fourth-order valence-corrected chi connectivity index (χ4v) is 2.28. The predicted molar refractivity (Wildman–Crippen MR) is 80.4 cm³/mol. The summed E-state index contributed by atoms with van der Waals surface area (Å²) in [6, 6.07) is 9.47. The van der Waals surface area contributed by atoms with Crippen molar-refractivity contribution in [2.24, 2.45) is 0 Å². The van der Waals surface area contributed by atoms with Crippen molar-refractivity contribution in [1.82, 2.24) is 0 Å². The molecule has 0 radical (unpaired) electrons. The Balaban J connectivity index is 2.23. The average Bonchev–Trinajstić information content (AvgIpc) is 2.44. The van der Waals surface area contributed by atoms with Crippen molar-refractivity contribution in [2.45, 2.75) is 5.88 Å². The van der Waals surface area contributed by atoms with Gasteiger partial charge in [-0.1, -0.05) is 35.3 Å². The van der Waals surface area contributed by atoms with Crippen LogP contribution >= 0.6 is 34.8 Å². The molecular weight excluding hydrogens is 324 g/mol. The fourth-order valence-electron chi connectivity index (χ4n) is 1.63. The molecule has 0 saturated heterocycles. The largest absolute Gasteiger partial charge is 0.322 e. The van der Waals surface area contributed by atoms with E-state index in [9.17, 15) is 9.18 Å². The van der Waals surface area contributed by atoms with Crippen LogP contribution in [0, 0.1) is 5.82 Å². The van der Waals surface area contributed by atoms with Gasteiger partial charge in [0.15, 0.2) is 5.82 Å². The quantitative estimate of drug-likeness (QED) is 0.613. The van der Waals surface area contributed by atoms with Crippen LogP contribution in [0.4, 0.5) is 10.1 Å². The lowest BCUT2D eigenvalue weighted by atomic mass is 10.1. The van der Waals surface area contributed by atoms with E-state index in [-0.39, 0.29) is 16.0 Å². The molecular formula is C14H9Cl3FNO. The molecule has 2 nitrogen and oxygen atoms in total. The molecule has 2 rings (SSSR count). The maximum absolute atomic E-state index is 13.3. The highest BCUT2D eigenvalue weighted by molar-refractivity contribution is 6.35. The standard InChI is InChI=1S/C14H9Cl3FNO/c15-7-8-2-1-3-9(4-8)14(20)19-10-5-11(16)13(18)12(17)6-10/h1-6H,7H2,(H,19,20). The number of carbonyl (C=O) groups excluding carboxylic acids is 1. The Bertz CT molecular complexity index is 638. The molecule has 0 saturated carbocycles. The van der Waals surface area contributed by atoms with Gasteiger partial charge in [-0.2, -0.15) is 0 Å². The number of nitrogens with one attached hydrogen (secondary N) is 1. The van der Waals surface area contributed by atoms with Crippen LogP contribution < -0.4 is 5.32 Å². The van der Waals surface area contributed by atoms with Gasteiger partial charge < -0.3 is 5.32 Å². The number of anilines is 1. The third-order valence-electron chi connectivity index (χ3n) is 2.59. The molecule has 0 bridgehead atoms.